The molecule has 0 radical (unpaired) electrons. The molecule has 2 aliphatic rings. The summed E-state index contributed by atoms with van der Waals surface area (Å²) in [6.45, 7) is 0.890. The Hall–Kier alpha value is -3.96. The van der Waals surface area contributed by atoms with Crippen LogP contribution in [0.1, 0.15) is 11.5 Å². The van der Waals surface area contributed by atoms with Gasteiger partial charge in [-0.05, 0) is 0 Å². The van der Waals surface area contributed by atoms with E-state index in [1.807, 2.05) is 14.1 Å². The number of carbonyl (C=O) groups excluding carboxylic acids is 2. The number of pyridine rings is 1. The number of hydrogen-bond acceptors (Lipinski definition) is 12. The molecule has 6 N–H and O–H groups in total. The summed E-state index contributed by atoms with van der Waals surface area (Å²) in [4.78, 5) is 62.6. The van der Waals surface area contributed by atoms with Crippen LogP contribution >= 0.6 is 23.3 Å². The van der Waals surface area contributed by atoms with E-state index in [0.717, 1.165) is 11.5 Å². The van der Waals surface area contributed by atoms with Crippen molar-refractivity contribution in [3.05, 3.63) is 45.3 Å². The normalized spacial score (nSPS) is 19.4. The lowest BCUT2D eigenvalue weighted by atomic mass is 10.0. The number of nitrogens with one attached hydrogen (secondary N) is 2. The number of rotatable bonds is 10. The SMILES string of the molecule is CON=C(C(=O)N[C@@H]1C(=O)N2C(C(=O)O)=C(C[N+](C)(C)CCc3cc(=O)c(O)c[nH]3)CS[C@@H]12)c1nsc(N)n1. The lowest BCUT2D eigenvalue weighted by Gasteiger charge is -2.49. The number of anilines is 1. The Morgan fingerprint density at radius 2 is 2.13 bits per heavy atom. The number of carboxylic acid groups (broad SMARTS) is 1. The first-order chi connectivity index (χ1) is 18.4. The van der Waals surface area contributed by atoms with Gasteiger partial charge in [0.15, 0.2) is 10.9 Å². The average Bonchev–Trinajstić information content (AvgIpc) is 3.31. The Kier molecular flexibility index (Phi) is 7.94. The molecule has 0 bridgehead atoms. The van der Waals surface area contributed by atoms with Gasteiger partial charge in [-0.15, -0.1) is 11.8 Å². The third-order valence-corrected chi connectivity index (χ3v) is 8.03. The zero-order valence-electron chi connectivity index (χ0n) is 21.2. The number of quaternary nitrogens is 1. The van der Waals surface area contributed by atoms with Gasteiger partial charge in [0.25, 0.3) is 11.8 Å². The van der Waals surface area contributed by atoms with Gasteiger partial charge in [-0.3, -0.25) is 19.3 Å². The Morgan fingerprint density at radius 1 is 1.38 bits per heavy atom. The summed E-state index contributed by atoms with van der Waals surface area (Å²) in [6, 6.07) is 0.346. The van der Waals surface area contributed by atoms with Crippen LogP contribution in [0.4, 0.5) is 5.13 Å². The molecule has 208 valence electrons. The van der Waals surface area contributed by atoms with Crippen molar-refractivity contribution < 1.29 is 33.9 Å². The van der Waals surface area contributed by atoms with Gasteiger partial charge >= 0.3 is 5.97 Å². The fourth-order valence-electron chi connectivity index (χ4n) is 4.29. The third kappa shape index (κ3) is 5.89. The lowest BCUT2D eigenvalue weighted by Crippen LogP contribution is -2.71. The summed E-state index contributed by atoms with van der Waals surface area (Å²) in [5.74, 6) is -2.64. The first kappa shape index (κ1) is 28.1. The van der Waals surface area contributed by atoms with Crippen LogP contribution in [0.25, 0.3) is 0 Å². The van der Waals surface area contributed by atoms with Gasteiger partial charge in [-0.25, -0.2) is 4.79 Å². The van der Waals surface area contributed by atoms with Gasteiger partial charge in [0.1, 0.15) is 30.8 Å². The van der Waals surface area contributed by atoms with E-state index in [-0.39, 0.29) is 28.1 Å². The number of β-lactam (4-membered cyclic amide) rings is 1. The van der Waals surface area contributed by atoms with Gasteiger partial charge in [-0.2, -0.15) is 9.36 Å². The van der Waals surface area contributed by atoms with Crippen molar-refractivity contribution in [1.82, 2.24) is 24.6 Å². The van der Waals surface area contributed by atoms with Gasteiger partial charge in [0.05, 0.1) is 20.6 Å². The molecule has 2 aromatic heterocycles. The summed E-state index contributed by atoms with van der Waals surface area (Å²) < 4.78 is 4.33. The summed E-state index contributed by atoms with van der Waals surface area (Å²) >= 11 is 2.21. The number of hydrogen-bond donors (Lipinski definition) is 5. The Morgan fingerprint density at radius 3 is 2.74 bits per heavy atom. The molecule has 0 spiro atoms. The third-order valence-electron chi connectivity index (χ3n) is 6.15. The highest BCUT2D eigenvalue weighted by molar-refractivity contribution is 8.00. The predicted molar refractivity (Wildman–Crippen MR) is 142 cm³/mol. The molecular weight excluding hydrogens is 552 g/mol. The fraction of sp³-hybridized carbons (Fsp3) is 0.409. The molecule has 1 fully saturated rings. The fourth-order valence-corrected chi connectivity index (χ4v) is 6.06. The largest absolute Gasteiger partial charge is 0.503 e. The Bertz CT molecular complexity index is 1430. The molecule has 15 nitrogen and oxygen atoms in total. The number of H-pyrrole nitrogens is 1. The molecule has 2 aromatic rings. The standard InChI is InChI=1S/C22H26N8O7S2/c1-30(2,5-4-11-6-12(31)13(32)7-24-11)8-10-9-38-20-15(19(34)29(20)16(10)21(35)36)25-18(33)14(27-37-3)17-26-22(23)39-28-17/h6-7,15,20H,4-5,8-9H2,1-3H3,(H5-,23,24,25,26,27,28,31,32,33,35,36)/p+1/t15-,20+/m1/s1. The number of nitrogens with two attached hydrogens (primary N) is 1. The number of nitrogen functional groups attached to an aromatic ring is 1. The number of aromatic amines is 1. The lowest BCUT2D eigenvalue weighted by molar-refractivity contribution is -0.885. The van der Waals surface area contributed by atoms with Crippen molar-refractivity contribution in [1.29, 1.82) is 0 Å². The number of aromatic nitrogens is 3. The van der Waals surface area contributed by atoms with Crippen LogP contribution in [0.5, 0.6) is 5.75 Å². The van der Waals surface area contributed by atoms with Crippen molar-refractivity contribution >= 4 is 51.9 Å². The molecule has 4 heterocycles. The van der Waals surface area contributed by atoms with Crippen molar-refractivity contribution in [2.45, 2.75) is 17.8 Å². The van der Waals surface area contributed by atoms with Crippen molar-refractivity contribution in [3.63, 3.8) is 0 Å². The number of likely N-dealkylation sites (N-methyl/N-ethyl adjacent to an activating group) is 1. The van der Waals surface area contributed by atoms with E-state index < -0.39 is 34.6 Å². The second kappa shape index (κ2) is 11.0. The van der Waals surface area contributed by atoms with E-state index in [1.165, 1.54) is 36.0 Å². The molecule has 2 aliphatic heterocycles. The summed E-state index contributed by atoms with van der Waals surface area (Å²) in [5, 5.41) is 25.2. The minimum Gasteiger partial charge on any atom is -0.503 e. The van der Waals surface area contributed by atoms with Crippen molar-refractivity contribution in [2.24, 2.45) is 5.16 Å². The number of nitrogens with zero attached hydrogens (tertiary/aromatic N) is 5. The second-order valence-corrected chi connectivity index (χ2v) is 11.4. The van der Waals surface area contributed by atoms with Crippen LogP contribution in [0.2, 0.25) is 0 Å². The Labute approximate surface area is 230 Å². The van der Waals surface area contributed by atoms with Crippen LogP contribution in [-0.4, -0.2) is 109 Å². The number of aromatic hydroxyl groups is 1. The molecule has 0 aliphatic carbocycles. The number of carboxylic acids is 1. The van der Waals surface area contributed by atoms with Gasteiger partial charge in [0.2, 0.25) is 17.0 Å². The summed E-state index contributed by atoms with van der Waals surface area (Å²) in [7, 11) is 5.07. The highest BCUT2D eigenvalue weighted by Crippen LogP contribution is 2.40. The van der Waals surface area contributed by atoms with Gasteiger partial charge in [0, 0.05) is 47.2 Å². The quantitative estimate of drug-likeness (QED) is 0.0988. The van der Waals surface area contributed by atoms with Crippen LogP contribution in [0, 0.1) is 0 Å². The second-order valence-electron chi connectivity index (χ2n) is 9.47. The number of thioether (sulfide) groups is 1. The summed E-state index contributed by atoms with van der Waals surface area (Å²) in [5.41, 5.74) is 5.96. The molecule has 17 heteroatoms. The maximum Gasteiger partial charge on any atom is 0.352 e. The van der Waals surface area contributed by atoms with E-state index in [0.29, 0.717) is 41.0 Å². The smallest absolute Gasteiger partial charge is 0.352 e. The van der Waals surface area contributed by atoms with Crippen molar-refractivity contribution in [2.75, 3.05) is 45.8 Å². The average molecular weight is 580 g/mol. The molecule has 0 saturated carbocycles. The minimum absolute atomic E-state index is 0.0541. The van der Waals surface area contributed by atoms with E-state index in [4.69, 9.17) is 10.6 Å². The van der Waals surface area contributed by atoms with Crippen LogP contribution in [0.15, 0.2) is 33.5 Å². The highest BCUT2D eigenvalue weighted by Gasteiger charge is 2.55. The van der Waals surface area contributed by atoms with E-state index in [1.54, 1.807) is 0 Å². The maximum atomic E-state index is 13.1. The van der Waals surface area contributed by atoms with Crippen LogP contribution in [-0.2, 0) is 25.6 Å². The monoisotopic (exact) mass is 579 g/mol. The molecule has 1 saturated heterocycles. The molecule has 0 aromatic carbocycles. The number of oxime groups is 1. The zero-order chi connectivity index (χ0) is 28.5. The molecule has 2 amide bonds. The topological polar surface area (TPSA) is 213 Å². The van der Waals surface area contributed by atoms with E-state index in [9.17, 15) is 29.4 Å². The zero-order valence-corrected chi connectivity index (χ0v) is 22.8. The first-order valence-corrected chi connectivity index (χ1v) is 13.4. The van der Waals surface area contributed by atoms with Crippen molar-refractivity contribution in [3.8, 4) is 5.75 Å². The van der Waals surface area contributed by atoms with E-state index >= 15 is 0 Å². The molecule has 0 unspecified atom stereocenters. The molecule has 2 atom stereocenters. The predicted octanol–water partition coefficient (Wildman–Crippen LogP) is -1.08. The van der Waals surface area contributed by atoms with Gasteiger partial charge < -0.3 is 35.6 Å². The Balaban J connectivity index is 1.47. The number of amides is 2. The number of carbonyl (C=O) groups is 3. The minimum atomic E-state index is -1.24. The maximum absolute atomic E-state index is 13.1. The van der Waals surface area contributed by atoms with Crippen LogP contribution in [0.3, 0.4) is 0 Å². The summed E-state index contributed by atoms with van der Waals surface area (Å²) in [6.07, 6.45) is 1.72. The first-order valence-electron chi connectivity index (χ1n) is 11.6. The number of aliphatic carboxylic acids is 1. The molecule has 4 rings (SSSR count). The molecule has 39 heavy (non-hydrogen) atoms. The molecular formula is C22H27N8O7S2+. The van der Waals surface area contributed by atoms with Crippen LogP contribution < -0.4 is 16.5 Å². The number of fused-ring (bicyclic) bond motifs is 1. The van der Waals surface area contributed by atoms with E-state index in [2.05, 4.69) is 24.8 Å². The van der Waals surface area contributed by atoms with Gasteiger partial charge in [-0.1, -0.05) is 5.16 Å². The highest BCUT2D eigenvalue weighted by atomic mass is 32.2.